The van der Waals surface area contributed by atoms with Crippen LogP contribution in [0.3, 0.4) is 0 Å². The largest absolute Gasteiger partial charge is 0.372 e. The van der Waals surface area contributed by atoms with Gasteiger partial charge in [0.2, 0.25) is 0 Å². The van der Waals surface area contributed by atoms with Gasteiger partial charge in [-0.05, 0) is 68.9 Å². The van der Waals surface area contributed by atoms with Gasteiger partial charge in [-0.15, -0.1) is 0 Å². The summed E-state index contributed by atoms with van der Waals surface area (Å²) in [6, 6.07) is 17.3. The molecule has 212 valence electrons. The first-order chi connectivity index (χ1) is 19.8. The number of fused-ring (bicyclic) bond motifs is 2. The number of carbonyl (C=O) groups is 1. The lowest BCUT2D eigenvalue weighted by atomic mass is 10.1. The molecule has 0 aliphatic carbocycles. The predicted molar refractivity (Wildman–Crippen MR) is 160 cm³/mol. The summed E-state index contributed by atoms with van der Waals surface area (Å²) in [7, 11) is 0.899. The van der Waals surface area contributed by atoms with E-state index in [0.29, 0.717) is 17.0 Å². The first kappa shape index (κ1) is 27.4. The standard InChI is InChI=1S/C31H34N6O3S/c1-20-17-37(18-21(2)40-20)30-6-4-5-26(35-30)27-10-9-23-15-32-25(14-28(23)34-27)16-33-31(38)22-7-8-24-19-36(3)11-12-41(39)29(24)13-22/h4-10,13-15,20-21H,11-12,16-19H2,1-3H3,(H,33,38). The maximum Gasteiger partial charge on any atom is 0.251 e. The van der Waals surface area contributed by atoms with Crippen molar-refractivity contribution >= 4 is 33.4 Å². The van der Waals surface area contributed by atoms with E-state index in [1.54, 1.807) is 18.3 Å². The Bertz CT molecular complexity index is 1620. The van der Waals surface area contributed by atoms with Crippen LogP contribution < -0.4 is 10.2 Å². The predicted octanol–water partition coefficient (Wildman–Crippen LogP) is 3.79. The fourth-order valence-corrected chi connectivity index (χ4v) is 6.81. The molecule has 1 N–H and O–H groups in total. The van der Waals surface area contributed by atoms with E-state index in [1.807, 2.05) is 49.5 Å². The SMILES string of the molecule is CC1CN(c2cccc(-c3ccc4cnc(CNC(=O)c5ccc6c(c5)S(=O)CCN(C)C6)cc4n3)n2)CC(C)O1. The van der Waals surface area contributed by atoms with Crippen molar-refractivity contribution < 1.29 is 13.7 Å². The van der Waals surface area contributed by atoms with Crippen LogP contribution in [0.5, 0.6) is 0 Å². The molecule has 9 nitrogen and oxygen atoms in total. The third-order valence-corrected chi connectivity index (χ3v) is 8.90. The minimum absolute atomic E-state index is 0.150. The molecule has 3 atom stereocenters. The Morgan fingerprint density at radius 3 is 2.68 bits per heavy atom. The molecule has 2 aliphatic rings. The van der Waals surface area contributed by atoms with Crippen LogP contribution in [0.2, 0.25) is 0 Å². The van der Waals surface area contributed by atoms with E-state index in [-0.39, 0.29) is 24.7 Å². The molecule has 4 aromatic rings. The molecule has 41 heavy (non-hydrogen) atoms. The highest BCUT2D eigenvalue weighted by Crippen LogP contribution is 2.25. The van der Waals surface area contributed by atoms with Gasteiger partial charge in [-0.25, -0.2) is 9.97 Å². The highest BCUT2D eigenvalue weighted by Gasteiger charge is 2.23. The maximum absolute atomic E-state index is 13.0. The van der Waals surface area contributed by atoms with Gasteiger partial charge in [-0.3, -0.25) is 14.0 Å². The van der Waals surface area contributed by atoms with Gasteiger partial charge in [-0.2, -0.15) is 0 Å². The Morgan fingerprint density at radius 2 is 1.85 bits per heavy atom. The van der Waals surface area contributed by atoms with E-state index in [4.69, 9.17) is 14.7 Å². The smallest absolute Gasteiger partial charge is 0.251 e. The molecule has 3 unspecified atom stereocenters. The topological polar surface area (TPSA) is 101 Å². The maximum atomic E-state index is 13.0. The number of aromatic nitrogens is 3. The molecule has 2 aliphatic heterocycles. The Hall–Kier alpha value is -3.73. The molecule has 1 aromatic carbocycles. The van der Waals surface area contributed by atoms with Crippen LogP contribution in [-0.4, -0.2) is 74.6 Å². The summed E-state index contributed by atoms with van der Waals surface area (Å²) in [6.07, 6.45) is 2.07. The average molecular weight is 571 g/mol. The molecule has 0 spiro atoms. The number of carbonyl (C=O) groups excluding carboxylic acids is 1. The van der Waals surface area contributed by atoms with Gasteiger partial charge in [0, 0.05) is 54.0 Å². The van der Waals surface area contributed by atoms with Gasteiger partial charge >= 0.3 is 0 Å². The fraction of sp³-hybridized carbons (Fsp3) is 0.355. The number of benzene rings is 1. The quantitative estimate of drug-likeness (QED) is 0.387. The van der Waals surface area contributed by atoms with Crippen LogP contribution in [0.4, 0.5) is 5.82 Å². The molecular weight excluding hydrogens is 536 g/mol. The van der Waals surface area contributed by atoms with E-state index in [9.17, 15) is 9.00 Å². The first-order valence-electron chi connectivity index (χ1n) is 13.9. The number of pyridine rings is 3. The van der Waals surface area contributed by atoms with Crippen molar-refractivity contribution in [1.29, 1.82) is 0 Å². The number of nitrogens with one attached hydrogen (secondary N) is 1. The zero-order chi connectivity index (χ0) is 28.5. The molecule has 6 rings (SSSR count). The van der Waals surface area contributed by atoms with Crippen LogP contribution in [0, 0.1) is 0 Å². The normalized spacial score (nSPS) is 21.3. The van der Waals surface area contributed by atoms with Gasteiger partial charge in [-0.1, -0.05) is 12.1 Å². The number of ether oxygens (including phenoxy) is 1. The van der Waals surface area contributed by atoms with Crippen molar-refractivity contribution in [2.75, 3.05) is 37.3 Å². The van der Waals surface area contributed by atoms with Gasteiger partial charge in [0.05, 0.1) is 52.2 Å². The van der Waals surface area contributed by atoms with Crippen molar-refractivity contribution in [2.45, 2.75) is 44.0 Å². The van der Waals surface area contributed by atoms with Gasteiger partial charge in [0.25, 0.3) is 5.91 Å². The minimum atomic E-state index is -1.12. The summed E-state index contributed by atoms with van der Waals surface area (Å²) in [5.74, 6) is 1.26. The molecule has 3 aromatic heterocycles. The summed E-state index contributed by atoms with van der Waals surface area (Å²) in [5, 5.41) is 3.87. The first-order valence-corrected chi connectivity index (χ1v) is 15.3. The summed E-state index contributed by atoms with van der Waals surface area (Å²) in [6.45, 7) is 7.51. The van der Waals surface area contributed by atoms with E-state index in [2.05, 4.69) is 33.9 Å². The van der Waals surface area contributed by atoms with E-state index >= 15 is 0 Å². The molecule has 1 fully saturated rings. The highest BCUT2D eigenvalue weighted by atomic mass is 32.2. The molecule has 0 bridgehead atoms. The van der Waals surface area contributed by atoms with Crippen molar-refractivity contribution in [3.05, 3.63) is 77.6 Å². The zero-order valence-electron chi connectivity index (χ0n) is 23.5. The van der Waals surface area contributed by atoms with Crippen LogP contribution in [0.25, 0.3) is 22.3 Å². The molecule has 10 heteroatoms. The van der Waals surface area contributed by atoms with Gasteiger partial charge < -0.3 is 19.9 Å². The molecule has 5 heterocycles. The van der Waals surface area contributed by atoms with Gasteiger partial charge in [0.1, 0.15) is 5.82 Å². The second kappa shape index (κ2) is 11.6. The van der Waals surface area contributed by atoms with Crippen molar-refractivity contribution in [2.24, 2.45) is 0 Å². The monoisotopic (exact) mass is 570 g/mol. The molecule has 1 saturated heterocycles. The number of anilines is 1. The van der Waals surface area contributed by atoms with E-state index < -0.39 is 10.8 Å². The second-order valence-electron chi connectivity index (χ2n) is 10.9. The van der Waals surface area contributed by atoms with Crippen molar-refractivity contribution in [3.63, 3.8) is 0 Å². The highest BCUT2D eigenvalue weighted by molar-refractivity contribution is 7.85. The lowest BCUT2D eigenvalue weighted by Crippen LogP contribution is -2.45. The van der Waals surface area contributed by atoms with Crippen molar-refractivity contribution in [3.8, 4) is 11.4 Å². The lowest BCUT2D eigenvalue weighted by Gasteiger charge is -2.36. The molecule has 1 amide bonds. The van der Waals surface area contributed by atoms with Crippen LogP contribution in [-0.2, 0) is 28.6 Å². The number of hydrogen-bond acceptors (Lipinski definition) is 8. The number of hydrogen-bond donors (Lipinski definition) is 1. The van der Waals surface area contributed by atoms with Crippen molar-refractivity contribution in [1.82, 2.24) is 25.2 Å². The number of rotatable bonds is 5. The third kappa shape index (κ3) is 6.14. The van der Waals surface area contributed by atoms with Crippen LogP contribution in [0.15, 0.2) is 65.7 Å². The summed E-state index contributed by atoms with van der Waals surface area (Å²) in [4.78, 5) is 32.5. The fourth-order valence-electron chi connectivity index (χ4n) is 5.43. The van der Waals surface area contributed by atoms with Crippen LogP contribution >= 0.6 is 0 Å². The number of nitrogens with zero attached hydrogens (tertiary/aromatic N) is 5. The molecule has 0 radical (unpaired) electrons. The average Bonchev–Trinajstić information content (AvgIpc) is 3.12. The Labute approximate surface area is 242 Å². The molecule has 0 saturated carbocycles. The van der Waals surface area contributed by atoms with Gasteiger partial charge in [0.15, 0.2) is 0 Å². The Kier molecular flexibility index (Phi) is 7.79. The zero-order valence-corrected chi connectivity index (χ0v) is 24.4. The number of morpholine rings is 1. The third-order valence-electron chi connectivity index (χ3n) is 7.47. The van der Waals surface area contributed by atoms with E-state index in [1.165, 1.54) is 0 Å². The lowest BCUT2D eigenvalue weighted by molar-refractivity contribution is -0.00545. The Morgan fingerprint density at radius 1 is 1.05 bits per heavy atom. The van der Waals surface area contributed by atoms with E-state index in [0.717, 1.165) is 64.7 Å². The summed E-state index contributed by atoms with van der Waals surface area (Å²) < 4.78 is 18.6. The second-order valence-corrected chi connectivity index (χ2v) is 12.4. The molecular formula is C31H34N6O3S. The van der Waals surface area contributed by atoms with Crippen LogP contribution in [0.1, 0.15) is 35.5 Å². The summed E-state index contributed by atoms with van der Waals surface area (Å²) >= 11 is 0. The number of amides is 1. The Balaban J connectivity index is 1.18. The summed E-state index contributed by atoms with van der Waals surface area (Å²) in [5.41, 5.74) is 4.57. The minimum Gasteiger partial charge on any atom is -0.372 e.